The SMILES string of the molecule is CC(C)(CNC(=O)CCN)c1ccc(F)cc1Cl. The van der Waals surface area contributed by atoms with E-state index in [-0.39, 0.29) is 17.1 Å². The number of rotatable bonds is 5. The number of benzene rings is 1. The van der Waals surface area contributed by atoms with Crippen molar-refractivity contribution in [3.05, 3.63) is 34.6 Å². The molecule has 0 radical (unpaired) electrons. The van der Waals surface area contributed by atoms with Crippen LogP contribution in [0.15, 0.2) is 18.2 Å². The zero-order valence-corrected chi connectivity index (χ0v) is 11.4. The zero-order chi connectivity index (χ0) is 13.8. The molecule has 0 bridgehead atoms. The summed E-state index contributed by atoms with van der Waals surface area (Å²) in [5.74, 6) is -0.462. The van der Waals surface area contributed by atoms with E-state index in [0.29, 0.717) is 24.5 Å². The van der Waals surface area contributed by atoms with Gasteiger partial charge >= 0.3 is 0 Å². The molecule has 100 valence electrons. The van der Waals surface area contributed by atoms with Crippen molar-refractivity contribution in [3.63, 3.8) is 0 Å². The molecule has 1 aromatic rings. The van der Waals surface area contributed by atoms with Crippen LogP contribution in [0, 0.1) is 5.82 Å². The van der Waals surface area contributed by atoms with Gasteiger partial charge in [0.2, 0.25) is 5.91 Å². The smallest absolute Gasteiger partial charge is 0.221 e. The molecule has 0 saturated carbocycles. The Morgan fingerprint density at radius 1 is 1.50 bits per heavy atom. The van der Waals surface area contributed by atoms with Crippen LogP contribution in [0.25, 0.3) is 0 Å². The Morgan fingerprint density at radius 2 is 2.17 bits per heavy atom. The van der Waals surface area contributed by atoms with Gasteiger partial charge in [-0.2, -0.15) is 0 Å². The summed E-state index contributed by atoms with van der Waals surface area (Å²) in [5.41, 5.74) is 5.74. The van der Waals surface area contributed by atoms with Crippen molar-refractivity contribution in [1.29, 1.82) is 0 Å². The highest BCUT2D eigenvalue weighted by molar-refractivity contribution is 6.31. The van der Waals surface area contributed by atoms with Crippen LogP contribution in [0.5, 0.6) is 0 Å². The summed E-state index contributed by atoms with van der Waals surface area (Å²) in [6.45, 7) is 4.63. The van der Waals surface area contributed by atoms with E-state index in [1.165, 1.54) is 12.1 Å². The number of nitrogens with two attached hydrogens (primary N) is 1. The number of hydrogen-bond donors (Lipinski definition) is 2. The lowest BCUT2D eigenvalue weighted by molar-refractivity contribution is -0.121. The minimum absolute atomic E-state index is 0.0937. The summed E-state index contributed by atoms with van der Waals surface area (Å²) in [6, 6.07) is 4.29. The molecular weight excluding hydrogens is 255 g/mol. The fourth-order valence-electron chi connectivity index (χ4n) is 1.67. The van der Waals surface area contributed by atoms with Crippen molar-refractivity contribution in [2.75, 3.05) is 13.1 Å². The maximum atomic E-state index is 13.0. The molecule has 0 fully saturated rings. The number of carbonyl (C=O) groups excluding carboxylic acids is 1. The summed E-state index contributed by atoms with van der Waals surface area (Å²) >= 11 is 6.02. The number of nitrogens with one attached hydrogen (secondary N) is 1. The van der Waals surface area contributed by atoms with E-state index in [0.717, 1.165) is 5.56 Å². The topological polar surface area (TPSA) is 55.1 Å². The lowest BCUT2D eigenvalue weighted by Crippen LogP contribution is -2.37. The fraction of sp³-hybridized carbons (Fsp3) is 0.462. The van der Waals surface area contributed by atoms with Crippen molar-refractivity contribution in [2.24, 2.45) is 5.73 Å². The third-order valence-electron chi connectivity index (χ3n) is 2.76. The molecule has 5 heteroatoms. The van der Waals surface area contributed by atoms with Gasteiger partial charge < -0.3 is 11.1 Å². The molecule has 0 aromatic heterocycles. The molecule has 0 spiro atoms. The summed E-state index contributed by atoms with van der Waals surface area (Å²) in [5, 5.41) is 3.16. The number of hydrogen-bond acceptors (Lipinski definition) is 2. The zero-order valence-electron chi connectivity index (χ0n) is 10.6. The number of halogens is 2. The minimum atomic E-state index is -0.369. The first kappa shape index (κ1) is 14.9. The second kappa shape index (κ2) is 6.16. The van der Waals surface area contributed by atoms with E-state index in [1.807, 2.05) is 13.8 Å². The van der Waals surface area contributed by atoms with Gasteiger partial charge in [0.15, 0.2) is 0 Å². The van der Waals surface area contributed by atoms with E-state index in [2.05, 4.69) is 5.32 Å². The van der Waals surface area contributed by atoms with Crippen LogP contribution >= 0.6 is 11.6 Å². The minimum Gasteiger partial charge on any atom is -0.355 e. The molecule has 0 atom stereocenters. The van der Waals surface area contributed by atoms with Crippen LogP contribution in [-0.4, -0.2) is 19.0 Å². The molecular formula is C13H18ClFN2O. The molecule has 0 aliphatic carbocycles. The highest BCUT2D eigenvalue weighted by atomic mass is 35.5. The van der Waals surface area contributed by atoms with Gasteiger partial charge in [-0.25, -0.2) is 4.39 Å². The molecule has 18 heavy (non-hydrogen) atoms. The molecule has 0 saturated heterocycles. The van der Waals surface area contributed by atoms with Crippen LogP contribution in [-0.2, 0) is 10.2 Å². The van der Waals surface area contributed by atoms with Crippen LogP contribution < -0.4 is 11.1 Å². The third kappa shape index (κ3) is 3.96. The molecule has 1 aromatic carbocycles. The Balaban J connectivity index is 2.76. The second-order valence-corrected chi connectivity index (χ2v) is 5.23. The monoisotopic (exact) mass is 272 g/mol. The molecule has 1 rings (SSSR count). The summed E-state index contributed by atoms with van der Waals surface area (Å²) in [4.78, 5) is 11.4. The Hall–Kier alpha value is -1.13. The summed E-state index contributed by atoms with van der Waals surface area (Å²) in [7, 11) is 0. The first-order valence-corrected chi connectivity index (χ1v) is 6.17. The van der Waals surface area contributed by atoms with Gasteiger partial charge in [-0.05, 0) is 17.7 Å². The van der Waals surface area contributed by atoms with Gasteiger partial charge in [0.25, 0.3) is 0 Å². The predicted molar refractivity (Wildman–Crippen MR) is 71.1 cm³/mol. The Bertz CT molecular complexity index is 435. The van der Waals surface area contributed by atoms with E-state index in [1.54, 1.807) is 6.07 Å². The van der Waals surface area contributed by atoms with E-state index < -0.39 is 0 Å². The van der Waals surface area contributed by atoms with Crippen molar-refractivity contribution in [2.45, 2.75) is 25.7 Å². The first-order valence-electron chi connectivity index (χ1n) is 5.79. The molecule has 0 aliphatic rings. The van der Waals surface area contributed by atoms with Gasteiger partial charge in [-0.1, -0.05) is 31.5 Å². The highest BCUT2D eigenvalue weighted by Gasteiger charge is 2.24. The van der Waals surface area contributed by atoms with E-state index in [4.69, 9.17) is 17.3 Å². The lowest BCUT2D eigenvalue weighted by Gasteiger charge is -2.26. The van der Waals surface area contributed by atoms with Crippen molar-refractivity contribution < 1.29 is 9.18 Å². The second-order valence-electron chi connectivity index (χ2n) is 4.82. The fourth-order valence-corrected chi connectivity index (χ4v) is 2.10. The van der Waals surface area contributed by atoms with Gasteiger partial charge in [-0.15, -0.1) is 0 Å². The van der Waals surface area contributed by atoms with Gasteiger partial charge in [0.05, 0.1) is 0 Å². The van der Waals surface area contributed by atoms with Crippen LogP contribution in [0.1, 0.15) is 25.8 Å². The maximum absolute atomic E-state index is 13.0. The van der Waals surface area contributed by atoms with Crippen LogP contribution in [0.4, 0.5) is 4.39 Å². The Morgan fingerprint density at radius 3 is 2.72 bits per heavy atom. The molecule has 3 N–H and O–H groups in total. The molecule has 0 aliphatic heterocycles. The van der Waals surface area contributed by atoms with Gasteiger partial charge in [0, 0.05) is 29.9 Å². The van der Waals surface area contributed by atoms with Gasteiger partial charge in [0.1, 0.15) is 5.82 Å². The predicted octanol–water partition coefficient (Wildman–Crippen LogP) is 2.22. The van der Waals surface area contributed by atoms with Crippen molar-refractivity contribution in [1.82, 2.24) is 5.32 Å². The average molecular weight is 273 g/mol. The Kier molecular flexibility index (Phi) is 5.11. The van der Waals surface area contributed by atoms with Crippen LogP contribution in [0.3, 0.4) is 0 Å². The summed E-state index contributed by atoms with van der Waals surface area (Å²) < 4.78 is 13.0. The molecule has 1 amide bonds. The first-order chi connectivity index (χ1) is 8.36. The summed E-state index contributed by atoms with van der Waals surface area (Å²) in [6.07, 6.45) is 0.299. The molecule has 0 unspecified atom stereocenters. The van der Waals surface area contributed by atoms with E-state index in [9.17, 15) is 9.18 Å². The standard InChI is InChI=1S/C13H18ClFN2O/c1-13(2,8-17-12(18)5-6-16)10-4-3-9(15)7-11(10)14/h3-4,7H,5-6,8,16H2,1-2H3,(H,17,18). The highest BCUT2D eigenvalue weighted by Crippen LogP contribution is 2.29. The van der Waals surface area contributed by atoms with Gasteiger partial charge in [-0.3, -0.25) is 4.79 Å². The molecule has 0 heterocycles. The Labute approximate surface area is 112 Å². The third-order valence-corrected chi connectivity index (χ3v) is 3.07. The maximum Gasteiger partial charge on any atom is 0.221 e. The van der Waals surface area contributed by atoms with Crippen molar-refractivity contribution in [3.8, 4) is 0 Å². The number of carbonyl (C=O) groups is 1. The van der Waals surface area contributed by atoms with Crippen LogP contribution in [0.2, 0.25) is 5.02 Å². The molecule has 3 nitrogen and oxygen atoms in total. The largest absolute Gasteiger partial charge is 0.355 e. The number of amides is 1. The average Bonchev–Trinajstić information content (AvgIpc) is 2.26. The quantitative estimate of drug-likeness (QED) is 0.864. The van der Waals surface area contributed by atoms with E-state index >= 15 is 0 Å². The normalized spacial score (nSPS) is 11.4. The van der Waals surface area contributed by atoms with Crippen molar-refractivity contribution >= 4 is 17.5 Å². The lowest BCUT2D eigenvalue weighted by atomic mass is 9.84.